The molecule has 10 heteroatoms. The predicted octanol–water partition coefficient (Wildman–Crippen LogP) is -0.608. The number of methoxy groups -OCH3 is 1. The smallest absolute Gasteiger partial charge is 0.415 e. The van der Waals surface area contributed by atoms with E-state index in [1.807, 2.05) is 0 Å². The summed E-state index contributed by atoms with van der Waals surface area (Å²) >= 11 is 0. The van der Waals surface area contributed by atoms with E-state index in [-0.39, 0.29) is 0 Å². The Morgan fingerprint density at radius 2 is 2.00 bits per heavy atom. The second kappa shape index (κ2) is 6.17. The highest BCUT2D eigenvalue weighted by Crippen LogP contribution is 2.19. The van der Waals surface area contributed by atoms with Gasteiger partial charge in [-0.05, 0) is 0 Å². The van der Waals surface area contributed by atoms with Gasteiger partial charge in [-0.2, -0.15) is 13.2 Å². The van der Waals surface area contributed by atoms with Crippen LogP contribution in [0.4, 0.5) is 13.2 Å². The maximum absolute atomic E-state index is 11.8. The largest absolute Gasteiger partial charge is 0.469 e. The summed E-state index contributed by atoms with van der Waals surface area (Å²) in [6.45, 7) is -1.19. The van der Waals surface area contributed by atoms with Crippen LogP contribution in [0.3, 0.4) is 0 Å². The molecule has 0 aliphatic carbocycles. The fourth-order valence-electron chi connectivity index (χ4n) is 0.714. The number of carbonyl (C=O) groups is 1. The van der Waals surface area contributed by atoms with Gasteiger partial charge >= 0.3 is 12.1 Å². The Morgan fingerprint density at radius 3 is 2.41 bits per heavy atom. The van der Waals surface area contributed by atoms with Gasteiger partial charge in [-0.3, -0.25) is 4.79 Å². The fourth-order valence-corrected chi connectivity index (χ4v) is 1.71. The van der Waals surface area contributed by atoms with Crippen molar-refractivity contribution in [2.75, 3.05) is 19.4 Å². The molecule has 17 heavy (non-hydrogen) atoms. The Balaban J connectivity index is 4.15. The summed E-state index contributed by atoms with van der Waals surface area (Å²) in [7, 11) is -3.00. The van der Waals surface area contributed by atoms with Crippen molar-refractivity contribution in [3.63, 3.8) is 0 Å². The lowest BCUT2D eigenvalue weighted by Crippen LogP contribution is -2.41. The minimum atomic E-state index is -4.90. The summed E-state index contributed by atoms with van der Waals surface area (Å²) in [5.74, 6) is -1.50. The third kappa shape index (κ3) is 7.13. The van der Waals surface area contributed by atoms with Crippen molar-refractivity contribution < 1.29 is 36.2 Å². The predicted molar refractivity (Wildman–Crippen MR) is 50.5 cm³/mol. The first kappa shape index (κ1) is 16.1. The van der Waals surface area contributed by atoms with E-state index in [0.717, 1.165) is 7.11 Å². The molecule has 2 N–H and O–H groups in total. The molecule has 0 rings (SSSR count). The third-order valence-corrected chi connectivity index (χ3v) is 3.03. The van der Waals surface area contributed by atoms with Gasteiger partial charge in [0.2, 0.25) is 10.0 Å². The summed E-state index contributed by atoms with van der Waals surface area (Å²) in [5.41, 5.74) is 0. The Kier molecular flexibility index (Phi) is 5.85. The number of aliphatic hydroxyl groups excluding tert-OH is 1. The number of alkyl halides is 3. The molecule has 1 atom stereocenters. The number of ether oxygens (including phenoxy) is 1. The van der Waals surface area contributed by atoms with Crippen molar-refractivity contribution in [1.29, 1.82) is 0 Å². The fraction of sp³-hybridized carbons (Fsp3) is 0.857. The Labute approximate surface area is 95.8 Å². The number of halogens is 3. The first-order valence-electron chi connectivity index (χ1n) is 4.37. The standard InChI is InChI=1S/C7H12F3NO5S/c1-16-6(13)2-3-17(14,15)11-4-5(12)7(8,9)10/h5,11-12H,2-4H2,1H3. The number of aliphatic hydroxyl groups is 1. The zero-order chi connectivity index (χ0) is 13.7. The summed E-state index contributed by atoms with van der Waals surface area (Å²) < 4.78 is 63.4. The minimum absolute atomic E-state index is 0.478. The lowest BCUT2D eigenvalue weighted by molar-refractivity contribution is -0.200. The molecule has 1 unspecified atom stereocenters. The van der Waals surface area contributed by atoms with E-state index in [4.69, 9.17) is 5.11 Å². The molecule has 0 saturated carbocycles. The molecule has 0 aliphatic rings. The highest BCUT2D eigenvalue weighted by molar-refractivity contribution is 7.89. The number of hydrogen-bond donors (Lipinski definition) is 2. The van der Waals surface area contributed by atoms with E-state index in [9.17, 15) is 26.4 Å². The molecule has 0 bridgehead atoms. The van der Waals surface area contributed by atoms with Crippen LogP contribution in [0.15, 0.2) is 0 Å². The molecule has 0 aromatic heterocycles. The third-order valence-electron chi connectivity index (χ3n) is 1.68. The molecule has 0 amide bonds. The highest BCUT2D eigenvalue weighted by Gasteiger charge is 2.38. The van der Waals surface area contributed by atoms with Crippen LogP contribution in [0.25, 0.3) is 0 Å². The Bertz CT molecular complexity index is 353. The number of hydrogen-bond acceptors (Lipinski definition) is 5. The van der Waals surface area contributed by atoms with Gasteiger partial charge < -0.3 is 9.84 Å². The van der Waals surface area contributed by atoms with Gasteiger partial charge in [0.15, 0.2) is 6.10 Å². The summed E-state index contributed by atoms with van der Waals surface area (Å²) in [6.07, 6.45) is -8.16. The Hall–Kier alpha value is -0.870. The van der Waals surface area contributed by atoms with Crippen molar-refractivity contribution in [3.8, 4) is 0 Å². The minimum Gasteiger partial charge on any atom is -0.469 e. The maximum Gasteiger partial charge on any atom is 0.415 e. The molecule has 0 fully saturated rings. The van der Waals surface area contributed by atoms with Crippen molar-refractivity contribution in [2.24, 2.45) is 0 Å². The zero-order valence-electron chi connectivity index (χ0n) is 8.82. The zero-order valence-corrected chi connectivity index (χ0v) is 9.64. The van der Waals surface area contributed by atoms with Crippen LogP contribution in [0.1, 0.15) is 6.42 Å². The molecular weight excluding hydrogens is 267 g/mol. The first-order valence-corrected chi connectivity index (χ1v) is 6.02. The van der Waals surface area contributed by atoms with Crippen molar-refractivity contribution in [1.82, 2.24) is 4.72 Å². The number of esters is 1. The lowest BCUT2D eigenvalue weighted by Gasteiger charge is -2.14. The van der Waals surface area contributed by atoms with Crippen LogP contribution in [-0.2, 0) is 19.6 Å². The number of carbonyl (C=O) groups excluding carboxylic acids is 1. The van der Waals surface area contributed by atoms with E-state index in [0.29, 0.717) is 0 Å². The molecule has 0 aromatic rings. The van der Waals surface area contributed by atoms with E-state index in [1.165, 1.54) is 4.72 Å². The van der Waals surface area contributed by atoms with Crippen molar-refractivity contribution >= 4 is 16.0 Å². The molecule has 0 radical (unpaired) electrons. The monoisotopic (exact) mass is 279 g/mol. The van der Waals surface area contributed by atoms with Crippen LogP contribution < -0.4 is 4.72 Å². The van der Waals surface area contributed by atoms with Gasteiger partial charge in [0.1, 0.15) is 0 Å². The van der Waals surface area contributed by atoms with Crippen LogP contribution >= 0.6 is 0 Å². The van der Waals surface area contributed by atoms with E-state index >= 15 is 0 Å². The Morgan fingerprint density at radius 1 is 1.47 bits per heavy atom. The lowest BCUT2D eigenvalue weighted by atomic mass is 10.4. The average Bonchev–Trinajstić information content (AvgIpc) is 2.21. The van der Waals surface area contributed by atoms with E-state index in [1.54, 1.807) is 0 Å². The molecular formula is C7H12F3NO5S. The molecule has 0 aromatic carbocycles. The molecule has 102 valence electrons. The summed E-state index contributed by atoms with van der Waals surface area (Å²) in [4.78, 5) is 10.6. The van der Waals surface area contributed by atoms with Crippen LogP contribution in [0.5, 0.6) is 0 Å². The van der Waals surface area contributed by atoms with Crippen molar-refractivity contribution in [2.45, 2.75) is 18.7 Å². The number of rotatable bonds is 6. The van der Waals surface area contributed by atoms with Crippen molar-refractivity contribution in [3.05, 3.63) is 0 Å². The van der Waals surface area contributed by atoms with Gasteiger partial charge in [0, 0.05) is 6.54 Å². The number of nitrogens with one attached hydrogen (secondary N) is 1. The van der Waals surface area contributed by atoms with E-state index in [2.05, 4.69) is 4.74 Å². The van der Waals surface area contributed by atoms with Crippen LogP contribution in [-0.4, -0.2) is 51.2 Å². The molecule has 0 saturated heterocycles. The van der Waals surface area contributed by atoms with Gasteiger partial charge in [0.25, 0.3) is 0 Å². The van der Waals surface area contributed by atoms with Crippen LogP contribution in [0.2, 0.25) is 0 Å². The van der Waals surface area contributed by atoms with E-state index < -0.39 is 47.0 Å². The van der Waals surface area contributed by atoms with Gasteiger partial charge in [-0.15, -0.1) is 0 Å². The van der Waals surface area contributed by atoms with Gasteiger partial charge in [-0.1, -0.05) is 0 Å². The molecule has 0 heterocycles. The number of sulfonamides is 1. The van der Waals surface area contributed by atoms with Crippen LogP contribution in [0, 0.1) is 0 Å². The average molecular weight is 279 g/mol. The first-order chi connectivity index (χ1) is 7.58. The SMILES string of the molecule is COC(=O)CCS(=O)(=O)NCC(O)C(F)(F)F. The second-order valence-corrected chi connectivity index (χ2v) is 4.98. The molecule has 0 spiro atoms. The maximum atomic E-state index is 11.8. The normalized spacial score (nSPS) is 14.4. The molecule has 0 aliphatic heterocycles. The quantitative estimate of drug-likeness (QED) is 0.633. The topological polar surface area (TPSA) is 92.7 Å². The molecule has 6 nitrogen and oxygen atoms in total. The summed E-state index contributed by atoms with van der Waals surface area (Å²) in [5, 5.41) is 8.53. The van der Waals surface area contributed by atoms with Gasteiger partial charge in [0.05, 0.1) is 19.3 Å². The van der Waals surface area contributed by atoms with Gasteiger partial charge in [-0.25, -0.2) is 13.1 Å². The second-order valence-electron chi connectivity index (χ2n) is 3.05. The highest BCUT2D eigenvalue weighted by atomic mass is 32.2. The summed E-state index contributed by atoms with van der Waals surface area (Å²) in [6, 6.07) is 0.